The van der Waals surface area contributed by atoms with Gasteiger partial charge in [0.1, 0.15) is 0 Å². The molecule has 6 N–H and O–H groups in total. The van der Waals surface area contributed by atoms with E-state index in [4.69, 9.17) is 4.55 Å². The quantitative estimate of drug-likeness (QED) is 0.0191. The van der Waals surface area contributed by atoms with E-state index in [1.165, 1.54) is 128 Å². The van der Waals surface area contributed by atoms with Crippen molar-refractivity contribution >= 4 is 39.8 Å². The molecule has 15 nitrogen and oxygen atoms in total. The molecule has 0 aromatic carbocycles. The highest BCUT2D eigenvalue weighted by atomic mass is 32.2. The molecule has 0 aliphatic heterocycles. The Morgan fingerprint density at radius 3 is 1.19 bits per heavy atom. The third-order valence-electron chi connectivity index (χ3n) is 16.7. The van der Waals surface area contributed by atoms with Crippen LogP contribution in [0.3, 0.4) is 0 Å². The molecule has 0 rings (SSSR count). The second kappa shape index (κ2) is 45.8. The standard InChI is InChI=1S/C62H120N4O11S/c1-9-11-13-15-17-19-21-23-25-27-29-31-33-35-40-52(3)50-56(62(73)74)58(60(70)64-44-38-46-66(7,8)48-42-57(67)68)54(41-36-34-32-30-28-26-24-22-20-18-16-14-12-10-2)51-55(61(71)72)53(4)59(69)63-43-37-45-65(5,6)47-39-49-78(75,76)77/h52-56,58H,9-51H2,1-8H3,(H4-2,63,64,67,68,69,70,71,72,73,74,75,76,77)/p+2. The lowest BCUT2D eigenvalue weighted by atomic mass is 9.70. The molecule has 0 heterocycles. The molecule has 0 radical (unpaired) electrons. The summed E-state index contributed by atoms with van der Waals surface area (Å²) in [6, 6.07) is 0. The molecule has 0 spiro atoms. The molecule has 0 saturated carbocycles. The molecule has 6 unspecified atom stereocenters. The Morgan fingerprint density at radius 2 is 0.808 bits per heavy atom. The van der Waals surface area contributed by atoms with Crippen molar-refractivity contribution in [3.63, 3.8) is 0 Å². The molecule has 16 heteroatoms. The second-order valence-corrected chi connectivity index (χ2v) is 26.7. The van der Waals surface area contributed by atoms with Gasteiger partial charge >= 0.3 is 17.9 Å². The van der Waals surface area contributed by atoms with Crippen LogP contribution >= 0.6 is 0 Å². The van der Waals surface area contributed by atoms with E-state index < -0.39 is 69.4 Å². The van der Waals surface area contributed by atoms with Gasteiger partial charge in [0.25, 0.3) is 10.1 Å². The van der Waals surface area contributed by atoms with Crippen molar-refractivity contribution < 1.29 is 61.2 Å². The predicted molar refractivity (Wildman–Crippen MR) is 319 cm³/mol. The van der Waals surface area contributed by atoms with Gasteiger partial charge in [0.15, 0.2) is 0 Å². The Hall–Kier alpha value is -2.82. The summed E-state index contributed by atoms with van der Waals surface area (Å²) in [5.74, 6) is -9.16. The lowest BCUT2D eigenvalue weighted by molar-refractivity contribution is -0.890. The van der Waals surface area contributed by atoms with E-state index in [0.29, 0.717) is 60.8 Å². The minimum atomic E-state index is -4.07. The number of hydrogen-bond donors (Lipinski definition) is 6. The van der Waals surface area contributed by atoms with Gasteiger partial charge in [0.2, 0.25) is 11.8 Å². The lowest BCUT2D eigenvalue weighted by Gasteiger charge is -2.35. The first-order chi connectivity index (χ1) is 37.0. The molecule has 0 aliphatic rings. The maximum Gasteiger partial charge on any atom is 0.309 e. The zero-order valence-electron chi connectivity index (χ0n) is 51.3. The smallest absolute Gasteiger partial charge is 0.309 e. The lowest BCUT2D eigenvalue weighted by Crippen LogP contribution is -2.46. The van der Waals surface area contributed by atoms with Crippen LogP contribution in [-0.4, -0.2) is 140 Å². The summed E-state index contributed by atoms with van der Waals surface area (Å²) in [6.45, 7) is 10.8. The SMILES string of the molecule is CCCCCCCCCCCCCCCCC(C)CC(C(=O)O)C(C(=O)NCCC[N+](C)(C)CCC(=O)O)C(CCCCCCCCCCCCCCCC)CC(C(=O)O)C(C)C(=O)NCCC[N+](C)(C)CCCS(=O)(=O)O. The van der Waals surface area contributed by atoms with Crippen molar-refractivity contribution in [2.24, 2.45) is 35.5 Å². The maximum absolute atomic E-state index is 14.8. The van der Waals surface area contributed by atoms with Crippen molar-refractivity contribution in [2.75, 3.05) is 73.2 Å². The molecule has 0 saturated heterocycles. The van der Waals surface area contributed by atoms with Crippen LogP contribution in [0.4, 0.5) is 0 Å². The van der Waals surface area contributed by atoms with Gasteiger partial charge in [-0.15, -0.1) is 0 Å². The molecule has 6 atom stereocenters. The minimum Gasteiger partial charge on any atom is -0.481 e. The number of nitrogens with one attached hydrogen (secondary N) is 2. The number of aliphatic carboxylic acids is 3. The Bertz CT molecular complexity index is 1680. The predicted octanol–water partition coefficient (Wildman–Crippen LogP) is 13.3. The molecule has 0 aliphatic carbocycles. The van der Waals surface area contributed by atoms with Gasteiger partial charge in [-0.25, -0.2) is 0 Å². The number of carboxylic acid groups (broad SMARTS) is 3. The van der Waals surface area contributed by atoms with Gasteiger partial charge in [-0.05, 0) is 31.1 Å². The Balaban J connectivity index is 6.35. The highest BCUT2D eigenvalue weighted by Crippen LogP contribution is 2.38. The zero-order chi connectivity index (χ0) is 58.7. The number of nitrogens with zero attached hydrogens (tertiary/aromatic N) is 2. The van der Waals surface area contributed by atoms with Gasteiger partial charge in [-0.1, -0.05) is 214 Å². The summed E-state index contributed by atoms with van der Waals surface area (Å²) in [4.78, 5) is 66.8. The van der Waals surface area contributed by atoms with Crippen molar-refractivity contribution in [1.82, 2.24) is 10.6 Å². The summed E-state index contributed by atoms with van der Waals surface area (Å²) in [7, 11) is 3.70. The van der Waals surface area contributed by atoms with Crippen molar-refractivity contribution in [3.05, 3.63) is 0 Å². The molecule has 0 aromatic rings. The van der Waals surface area contributed by atoms with Crippen LogP contribution < -0.4 is 10.6 Å². The highest BCUT2D eigenvalue weighted by Gasteiger charge is 2.43. The van der Waals surface area contributed by atoms with Gasteiger partial charge in [0.05, 0.1) is 84.3 Å². The first kappa shape index (κ1) is 75.2. The number of carboxylic acids is 3. The first-order valence-electron chi connectivity index (χ1n) is 31.8. The maximum atomic E-state index is 14.8. The zero-order valence-corrected chi connectivity index (χ0v) is 52.1. The molecular formula is C62H122N4O11S+2. The van der Waals surface area contributed by atoms with Crippen LogP contribution in [0.25, 0.3) is 0 Å². The van der Waals surface area contributed by atoms with Crippen molar-refractivity contribution in [2.45, 2.75) is 259 Å². The van der Waals surface area contributed by atoms with E-state index in [1.807, 2.05) is 28.2 Å². The minimum absolute atomic E-state index is 0.0130. The van der Waals surface area contributed by atoms with Crippen LogP contribution in [-0.2, 0) is 34.1 Å². The summed E-state index contributed by atoms with van der Waals surface area (Å²) >= 11 is 0. The number of quaternary nitrogens is 2. The summed E-state index contributed by atoms with van der Waals surface area (Å²) in [5.41, 5.74) is 0. The Labute approximate surface area is 477 Å². The second-order valence-electron chi connectivity index (χ2n) is 25.1. The third-order valence-corrected chi connectivity index (χ3v) is 17.5. The normalized spacial score (nSPS) is 14.6. The number of hydrogen-bond acceptors (Lipinski definition) is 7. The molecule has 0 fully saturated rings. The van der Waals surface area contributed by atoms with E-state index in [-0.39, 0.29) is 50.4 Å². The van der Waals surface area contributed by atoms with E-state index in [9.17, 15) is 47.7 Å². The molecule has 460 valence electrons. The average molecular weight is 1130 g/mol. The molecule has 0 aromatic heterocycles. The van der Waals surface area contributed by atoms with Gasteiger partial charge in [-0.2, -0.15) is 8.42 Å². The molecule has 78 heavy (non-hydrogen) atoms. The number of carbonyl (C=O) groups is 5. The fourth-order valence-corrected chi connectivity index (χ4v) is 11.9. The molecular weight excluding hydrogens is 1010 g/mol. The van der Waals surface area contributed by atoms with Gasteiger partial charge in [-0.3, -0.25) is 28.5 Å². The van der Waals surface area contributed by atoms with Crippen molar-refractivity contribution in [3.8, 4) is 0 Å². The summed E-state index contributed by atoms with van der Waals surface area (Å²) in [6.07, 6.45) is 36.7. The average Bonchev–Trinajstić information content (AvgIpc) is 3.36. The largest absolute Gasteiger partial charge is 0.481 e. The number of unbranched alkanes of at least 4 members (excludes halogenated alkanes) is 26. The Kier molecular flexibility index (Phi) is 44.1. The molecule has 0 bridgehead atoms. The number of rotatable bonds is 56. The summed E-state index contributed by atoms with van der Waals surface area (Å²) in [5, 5.41) is 37.3. The van der Waals surface area contributed by atoms with Crippen LogP contribution in [0.2, 0.25) is 0 Å². The summed E-state index contributed by atoms with van der Waals surface area (Å²) < 4.78 is 32.6. The Morgan fingerprint density at radius 1 is 0.449 bits per heavy atom. The molecule has 2 amide bonds. The van der Waals surface area contributed by atoms with Crippen LogP contribution in [0.5, 0.6) is 0 Å². The van der Waals surface area contributed by atoms with Crippen LogP contribution in [0.15, 0.2) is 0 Å². The monoisotopic (exact) mass is 1130 g/mol. The van der Waals surface area contributed by atoms with Crippen LogP contribution in [0.1, 0.15) is 259 Å². The van der Waals surface area contributed by atoms with E-state index in [2.05, 4.69) is 31.4 Å². The third kappa shape index (κ3) is 42.1. The highest BCUT2D eigenvalue weighted by molar-refractivity contribution is 7.85. The van der Waals surface area contributed by atoms with E-state index in [1.54, 1.807) is 6.92 Å². The van der Waals surface area contributed by atoms with Gasteiger partial charge in [0, 0.05) is 38.3 Å². The van der Waals surface area contributed by atoms with E-state index in [0.717, 1.165) is 51.4 Å². The number of amides is 2. The van der Waals surface area contributed by atoms with Crippen molar-refractivity contribution in [1.29, 1.82) is 0 Å². The van der Waals surface area contributed by atoms with Gasteiger partial charge < -0.3 is 34.9 Å². The topological polar surface area (TPSA) is 224 Å². The number of carbonyl (C=O) groups excluding carboxylic acids is 2. The first-order valence-corrected chi connectivity index (χ1v) is 33.4. The van der Waals surface area contributed by atoms with Crippen LogP contribution in [0, 0.1) is 35.5 Å². The van der Waals surface area contributed by atoms with E-state index >= 15 is 0 Å². The fourth-order valence-electron chi connectivity index (χ4n) is 11.5. The fraction of sp³-hybridized carbons (Fsp3) is 0.919.